The fourth-order valence-corrected chi connectivity index (χ4v) is 5.97. The van der Waals surface area contributed by atoms with Gasteiger partial charge in [0.05, 0.1) is 33.3 Å². The first kappa shape index (κ1) is 34.9. The minimum Gasteiger partial charge on any atom is -0.454 e. The van der Waals surface area contributed by atoms with E-state index in [9.17, 15) is 27.3 Å². The summed E-state index contributed by atoms with van der Waals surface area (Å²) in [5.41, 5.74) is 0. The van der Waals surface area contributed by atoms with Gasteiger partial charge in [-0.05, 0) is 42.5 Å². The van der Waals surface area contributed by atoms with Crippen LogP contribution in [-0.2, 0) is 19.7 Å². The molecular weight excluding hydrogens is 616 g/mol. The Balaban J connectivity index is 0.000000287. The molecule has 4 rings (SSSR count). The number of nitrogens with zero attached hydrogens (tertiary/aromatic N) is 4. The number of hydrogen-bond donors (Lipinski definition) is 3. The second-order valence-corrected chi connectivity index (χ2v) is 11.6. The van der Waals surface area contributed by atoms with E-state index in [4.69, 9.17) is 24.8 Å². The molecule has 43 heavy (non-hydrogen) atoms. The molecule has 0 saturated heterocycles. The normalized spacial score (nSPS) is 11.1. The lowest BCUT2D eigenvalue weighted by Gasteiger charge is -2.02. The summed E-state index contributed by atoms with van der Waals surface area (Å²) in [4.78, 5) is -0.744. The highest BCUT2D eigenvalue weighted by molar-refractivity contribution is 7.94. The molecule has 0 amide bonds. The van der Waals surface area contributed by atoms with Crippen molar-refractivity contribution in [1.82, 2.24) is 10.3 Å². The van der Waals surface area contributed by atoms with Gasteiger partial charge in [-0.3, -0.25) is 4.63 Å². The molecule has 0 bridgehead atoms. The number of aliphatic hydroxyl groups is 3. The Morgan fingerprint density at radius 1 is 0.744 bits per heavy atom. The quantitative estimate of drug-likeness (QED) is 0.133. The third-order valence-electron chi connectivity index (χ3n) is 4.85. The van der Waals surface area contributed by atoms with Gasteiger partial charge in [-0.2, -0.15) is 0 Å². The van der Waals surface area contributed by atoms with Crippen LogP contribution in [0, 0.1) is 10.4 Å². The van der Waals surface area contributed by atoms with Crippen molar-refractivity contribution in [3.63, 3.8) is 0 Å². The smallest absolute Gasteiger partial charge is 0.441 e. The van der Waals surface area contributed by atoms with E-state index >= 15 is 0 Å². The summed E-state index contributed by atoms with van der Waals surface area (Å²) in [5, 5.41) is 51.5. The third kappa shape index (κ3) is 9.35. The van der Waals surface area contributed by atoms with Crippen molar-refractivity contribution in [3.05, 3.63) is 71.1 Å². The Labute approximate surface area is 246 Å². The van der Waals surface area contributed by atoms with Crippen molar-refractivity contribution < 1.29 is 60.7 Å². The van der Waals surface area contributed by atoms with Crippen molar-refractivity contribution >= 4 is 19.7 Å². The summed E-state index contributed by atoms with van der Waals surface area (Å²) in [7, 11) is -8.78. The largest absolute Gasteiger partial charge is 0.454 e. The summed E-state index contributed by atoms with van der Waals surface area (Å²) in [6.45, 7) is 2.51. The molecule has 2 heterocycles. The van der Waals surface area contributed by atoms with E-state index in [0.717, 1.165) is 0 Å². The van der Waals surface area contributed by atoms with Crippen LogP contribution >= 0.6 is 0 Å². The molecule has 4 aromatic rings. The molecule has 0 saturated carbocycles. The minimum atomic E-state index is -4.43. The van der Waals surface area contributed by atoms with Crippen molar-refractivity contribution in [2.45, 2.75) is 39.6 Å². The van der Waals surface area contributed by atoms with Crippen LogP contribution < -0.4 is 19.3 Å². The lowest BCUT2D eigenvalue weighted by atomic mass is 10.4. The van der Waals surface area contributed by atoms with E-state index in [1.807, 2.05) is 0 Å². The fourth-order valence-electron chi connectivity index (χ4n) is 2.90. The number of rotatable bonds is 12. The summed E-state index contributed by atoms with van der Waals surface area (Å²) in [6.07, 6.45) is 0.927. The zero-order chi connectivity index (χ0) is 31.9. The molecule has 3 N–H and O–H groups in total. The van der Waals surface area contributed by atoms with Crippen LogP contribution in [0.5, 0.6) is 11.8 Å². The molecule has 0 fully saturated rings. The Morgan fingerprint density at radius 3 is 1.74 bits per heavy atom. The predicted octanol–water partition coefficient (Wildman–Crippen LogP) is -0.197. The van der Waals surface area contributed by atoms with E-state index in [0.29, 0.717) is 19.4 Å². The lowest BCUT2D eigenvalue weighted by Crippen LogP contribution is -2.31. The second-order valence-electron chi connectivity index (χ2n) is 7.87. The first-order valence-corrected chi connectivity index (χ1v) is 15.4. The van der Waals surface area contributed by atoms with Crippen LogP contribution in [0.1, 0.15) is 19.8 Å². The molecule has 0 aliphatic carbocycles. The topological polar surface area (TPSA) is 253 Å². The number of hydrogen-bond acceptors (Lipinski definition) is 15. The number of benzene rings is 2. The highest BCUT2D eigenvalue weighted by atomic mass is 32.2. The minimum absolute atomic E-state index is 0.00585. The molecule has 2 aromatic heterocycles. The Kier molecular flexibility index (Phi) is 13.8. The third-order valence-corrected chi connectivity index (χ3v) is 8.39. The van der Waals surface area contributed by atoms with Gasteiger partial charge in [0.2, 0.25) is 0 Å². The first-order valence-electron chi connectivity index (χ1n) is 12.4. The average Bonchev–Trinajstić information content (AvgIpc) is 3.58. The maximum absolute atomic E-state index is 12.6. The fraction of sp³-hybridized carbons (Fsp3) is 0.333. The van der Waals surface area contributed by atoms with Crippen LogP contribution in [0.4, 0.5) is 0 Å². The van der Waals surface area contributed by atoms with Gasteiger partial charge in [-0.15, -0.1) is 0 Å². The summed E-state index contributed by atoms with van der Waals surface area (Å²) >= 11 is 0. The molecule has 0 radical (unpaired) electrons. The molecule has 0 aliphatic heterocycles. The maximum atomic E-state index is 12.6. The SMILES string of the molecule is CCOc1no[n+]([O-])c1OCCCO.O=S(=O)(c1ccccc1)c1no[n+]([O-])c1S(=O)(=O)c1ccccc1.OCCCO. The molecule has 17 nitrogen and oxygen atoms in total. The second kappa shape index (κ2) is 17.0. The highest BCUT2D eigenvalue weighted by Crippen LogP contribution is 2.27. The molecule has 0 unspecified atom stereocenters. The van der Waals surface area contributed by atoms with Gasteiger partial charge in [0.15, 0.2) is 0 Å². The molecule has 0 aliphatic rings. The number of aliphatic hydroxyl groups excluding tert-OH is 3. The zero-order valence-electron chi connectivity index (χ0n) is 22.8. The van der Waals surface area contributed by atoms with Crippen LogP contribution in [-0.4, -0.2) is 75.5 Å². The van der Waals surface area contributed by atoms with Gasteiger partial charge in [-0.1, -0.05) is 36.4 Å². The standard InChI is InChI=1S/C14H10N2O6S2.C7H12N2O5.C3H8O2/c17-16-14(24(20,21)12-9-5-2-6-10-12)13(15-22-16)23(18,19)11-7-3-1-4-8-11;1-2-12-6-7(9(11)14-8-6)13-5-3-4-10;4-2-1-3-5/h1-10H;10H,2-5H2,1H3;4-5H,1-3H2. The first-order chi connectivity index (χ1) is 20.6. The van der Waals surface area contributed by atoms with E-state index < -0.39 is 34.6 Å². The summed E-state index contributed by atoms with van der Waals surface area (Å²) < 4.78 is 69.0. The van der Waals surface area contributed by atoms with Gasteiger partial charge >= 0.3 is 21.8 Å². The molecule has 236 valence electrons. The molecule has 19 heteroatoms. The molecule has 0 atom stereocenters. The van der Waals surface area contributed by atoms with Crippen molar-refractivity contribution in [3.8, 4) is 11.8 Å². The average molecular weight is 647 g/mol. The monoisotopic (exact) mass is 646 g/mol. The summed E-state index contributed by atoms with van der Waals surface area (Å²) in [5.74, 6) is -0.0826. The lowest BCUT2D eigenvalue weighted by molar-refractivity contribution is -0.832. The predicted molar refractivity (Wildman–Crippen MR) is 142 cm³/mol. The molecule has 0 spiro atoms. The zero-order valence-corrected chi connectivity index (χ0v) is 24.4. The van der Waals surface area contributed by atoms with Gasteiger partial charge in [0.1, 0.15) is 0 Å². The molecule has 2 aromatic carbocycles. The van der Waals surface area contributed by atoms with E-state index in [1.165, 1.54) is 48.5 Å². The van der Waals surface area contributed by atoms with Crippen molar-refractivity contribution in [2.75, 3.05) is 33.0 Å². The van der Waals surface area contributed by atoms with E-state index in [2.05, 4.69) is 19.6 Å². The van der Waals surface area contributed by atoms with E-state index in [1.54, 1.807) is 19.1 Å². The number of ether oxygens (including phenoxy) is 2. The highest BCUT2D eigenvalue weighted by Gasteiger charge is 2.41. The van der Waals surface area contributed by atoms with Crippen LogP contribution in [0.15, 0.2) is 89.8 Å². The van der Waals surface area contributed by atoms with Gasteiger partial charge in [0, 0.05) is 31.1 Å². The van der Waals surface area contributed by atoms with Crippen LogP contribution in [0.3, 0.4) is 0 Å². The summed E-state index contributed by atoms with van der Waals surface area (Å²) in [6, 6.07) is 14.0. The van der Waals surface area contributed by atoms with Gasteiger partial charge < -0.3 is 35.2 Å². The Morgan fingerprint density at radius 2 is 1.26 bits per heavy atom. The molecular formula is C24H30N4O13S2. The van der Waals surface area contributed by atoms with Gasteiger partial charge in [0.25, 0.3) is 19.7 Å². The van der Waals surface area contributed by atoms with Crippen LogP contribution in [0.2, 0.25) is 0 Å². The number of aromatic nitrogens is 4. The van der Waals surface area contributed by atoms with Crippen LogP contribution in [0.25, 0.3) is 0 Å². The van der Waals surface area contributed by atoms with Gasteiger partial charge in [-0.25, -0.2) is 21.5 Å². The maximum Gasteiger partial charge on any atom is 0.441 e. The Hall–Kier alpha value is -4.30. The van der Waals surface area contributed by atoms with Crippen molar-refractivity contribution in [2.24, 2.45) is 0 Å². The Bertz CT molecular complexity index is 1590. The van der Waals surface area contributed by atoms with Crippen molar-refractivity contribution in [1.29, 1.82) is 0 Å². The number of sulfone groups is 2. The van der Waals surface area contributed by atoms with E-state index in [-0.39, 0.29) is 52.9 Å².